The first-order chi connectivity index (χ1) is 7.90. The van der Waals surface area contributed by atoms with Gasteiger partial charge in [-0.3, -0.25) is 4.79 Å². The molecule has 1 aliphatic carbocycles. The average Bonchev–Trinajstić information content (AvgIpc) is 3.04. The number of benzene rings is 1. The van der Waals surface area contributed by atoms with Crippen LogP contribution in [0.3, 0.4) is 0 Å². The lowest BCUT2D eigenvalue weighted by molar-refractivity contribution is 0.0903. The van der Waals surface area contributed by atoms with Crippen molar-refractivity contribution in [1.29, 1.82) is 0 Å². The predicted octanol–water partition coefficient (Wildman–Crippen LogP) is 3.07. The maximum atomic E-state index is 12.0. The summed E-state index contributed by atoms with van der Waals surface area (Å²) in [5, 5.41) is 12.6. The third-order valence-corrected chi connectivity index (χ3v) is 3.91. The highest BCUT2D eigenvalue weighted by atomic mass is 79.9. The van der Waals surface area contributed by atoms with Crippen molar-refractivity contribution >= 4 is 21.8 Å². The number of carbonyl (C=O) groups excluding carboxylic acids is 1. The fourth-order valence-electron chi connectivity index (χ4n) is 1.93. The molecule has 0 saturated heterocycles. The first-order valence-electron chi connectivity index (χ1n) is 5.71. The Balaban J connectivity index is 2.11. The van der Waals surface area contributed by atoms with Crippen molar-refractivity contribution in [3.05, 3.63) is 28.2 Å². The number of aromatic hydroxyl groups is 1. The molecular weight excluding hydrogens is 282 g/mol. The van der Waals surface area contributed by atoms with Gasteiger partial charge in [-0.25, -0.2) is 0 Å². The van der Waals surface area contributed by atoms with Gasteiger partial charge in [-0.05, 0) is 66.7 Å². The second-order valence-electron chi connectivity index (χ2n) is 5.12. The van der Waals surface area contributed by atoms with Crippen LogP contribution in [0.25, 0.3) is 0 Å². The third-order valence-electron chi connectivity index (χ3n) is 3.24. The maximum Gasteiger partial charge on any atom is 0.251 e. The smallest absolute Gasteiger partial charge is 0.251 e. The van der Waals surface area contributed by atoms with Crippen LogP contribution in [0.2, 0.25) is 0 Å². The van der Waals surface area contributed by atoms with Crippen LogP contribution in [0.4, 0.5) is 0 Å². The van der Waals surface area contributed by atoms with Crippen LogP contribution < -0.4 is 5.32 Å². The molecule has 1 aromatic carbocycles. The van der Waals surface area contributed by atoms with E-state index in [1.165, 1.54) is 18.9 Å². The van der Waals surface area contributed by atoms with Gasteiger partial charge in [-0.15, -0.1) is 0 Å². The summed E-state index contributed by atoms with van der Waals surface area (Å²) in [4.78, 5) is 12.0. The van der Waals surface area contributed by atoms with Crippen molar-refractivity contribution in [3.8, 4) is 5.75 Å². The SMILES string of the molecule is CC(C)(NC(=O)c1ccc(Br)c(O)c1)C1CC1. The van der Waals surface area contributed by atoms with E-state index in [2.05, 4.69) is 21.2 Å². The summed E-state index contributed by atoms with van der Waals surface area (Å²) in [6, 6.07) is 4.85. The second-order valence-corrected chi connectivity index (χ2v) is 5.97. The Morgan fingerprint density at radius 1 is 1.47 bits per heavy atom. The van der Waals surface area contributed by atoms with Crippen LogP contribution in [0, 0.1) is 5.92 Å². The average molecular weight is 298 g/mol. The summed E-state index contributed by atoms with van der Waals surface area (Å²) in [6.07, 6.45) is 2.36. The summed E-state index contributed by atoms with van der Waals surface area (Å²) in [7, 11) is 0. The van der Waals surface area contributed by atoms with Crippen LogP contribution in [0.5, 0.6) is 5.75 Å². The fraction of sp³-hybridized carbons (Fsp3) is 0.462. The van der Waals surface area contributed by atoms with Gasteiger partial charge in [0.15, 0.2) is 0 Å². The number of halogens is 1. The van der Waals surface area contributed by atoms with E-state index in [-0.39, 0.29) is 17.2 Å². The van der Waals surface area contributed by atoms with Gasteiger partial charge in [0.25, 0.3) is 5.91 Å². The van der Waals surface area contributed by atoms with Crippen molar-refractivity contribution in [2.75, 3.05) is 0 Å². The van der Waals surface area contributed by atoms with Gasteiger partial charge in [0.1, 0.15) is 5.75 Å². The summed E-state index contributed by atoms with van der Waals surface area (Å²) >= 11 is 3.19. The Morgan fingerprint density at radius 3 is 2.65 bits per heavy atom. The highest BCUT2D eigenvalue weighted by Gasteiger charge is 2.38. The molecule has 4 heteroatoms. The first-order valence-corrected chi connectivity index (χ1v) is 6.50. The molecule has 0 bridgehead atoms. The lowest BCUT2D eigenvalue weighted by atomic mass is 9.98. The molecule has 0 unspecified atom stereocenters. The van der Waals surface area contributed by atoms with Crippen LogP contribution in [-0.2, 0) is 0 Å². The molecule has 1 fully saturated rings. The Kier molecular flexibility index (Phi) is 3.17. The minimum Gasteiger partial charge on any atom is -0.507 e. The van der Waals surface area contributed by atoms with Crippen molar-refractivity contribution in [2.45, 2.75) is 32.2 Å². The van der Waals surface area contributed by atoms with E-state index in [4.69, 9.17) is 0 Å². The molecule has 3 nitrogen and oxygen atoms in total. The van der Waals surface area contributed by atoms with E-state index < -0.39 is 0 Å². The molecule has 0 aliphatic heterocycles. The normalized spacial score (nSPS) is 15.7. The number of nitrogens with one attached hydrogen (secondary N) is 1. The van der Waals surface area contributed by atoms with Crippen LogP contribution in [0.1, 0.15) is 37.0 Å². The van der Waals surface area contributed by atoms with E-state index in [1.54, 1.807) is 12.1 Å². The summed E-state index contributed by atoms with van der Waals surface area (Å²) < 4.78 is 0.593. The number of hydrogen-bond acceptors (Lipinski definition) is 2. The van der Waals surface area contributed by atoms with E-state index >= 15 is 0 Å². The van der Waals surface area contributed by atoms with E-state index in [1.807, 2.05) is 13.8 Å². The molecule has 92 valence electrons. The molecule has 0 radical (unpaired) electrons. The molecule has 0 atom stereocenters. The monoisotopic (exact) mass is 297 g/mol. The molecule has 2 N–H and O–H groups in total. The van der Waals surface area contributed by atoms with E-state index in [0.29, 0.717) is 16.0 Å². The fourth-order valence-corrected chi connectivity index (χ4v) is 2.17. The zero-order valence-electron chi connectivity index (χ0n) is 9.96. The lowest BCUT2D eigenvalue weighted by Gasteiger charge is -2.26. The number of phenols is 1. The molecule has 0 heterocycles. The van der Waals surface area contributed by atoms with Gasteiger partial charge in [-0.1, -0.05) is 0 Å². The number of amides is 1. The van der Waals surface area contributed by atoms with Gasteiger partial charge < -0.3 is 10.4 Å². The zero-order valence-corrected chi connectivity index (χ0v) is 11.5. The number of phenolic OH excluding ortho intramolecular Hbond substituents is 1. The highest BCUT2D eigenvalue weighted by molar-refractivity contribution is 9.10. The molecule has 17 heavy (non-hydrogen) atoms. The Bertz CT molecular complexity index is 453. The van der Waals surface area contributed by atoms with Crippen LogP contribution in [0.15, 0.2) is 22.7 Å². The van der Waals surface area contributed by atoms with Gasteiger partial charge in [-0.2, -0.15) is 0 Å². The van der Waals surface area contributed by atoms with Crippen LogP contribution in [-0.4, -0.2) is 16.6 Å². The van der Waals surface area contributed by atoms with E-state index in [9.17, 15) is 9.90 Å². The van der Waals surface area contributed by atoms with Gasteiger partial charge >= 0.3 is 0 Å². The van der Waals surface area contributed by atoms with Crippen molar-refractivity contribution in [2.24, 2.45) is 5.92 Å². The Morgan fingerprint density at radius 2 is 2.12 bits per heavy atom. The molecular formula is C13H16BrNO2. The van der Waals surface area contributed by atoms with E-state index in [0.717, 1.165) is 0 Å². The number of carbonyl (C=O) groups is 1. The van der Waals surface area contributed by atoms with Crippen molar-refractivity contribution in [3.63, 3.8) is 0 Å². The third kappa shape index (κ3) is 2.80. The minimum absolute atomic E-state index is 0.0851. The first kappa shape index (κ1) is 12.4. The Labute approximate surface area is 109 Å². The lowest BCUT2D eigenvalue weighted by Crippen LogP contribution is -2.45. The number of hydrogen-bond donors (Lipinski definition) is 2. The molecule has 0 spiro atoms. The Hall–Kier alpha value is -1.03. The van der Waals surface area contributed by atoms with Gasteiger partial charge in [0, 0.05) is 11.1 Å². The standard InChI is InChI=1S/C13H16BrNO2/c1-13(2,9-4-5-9)15-12(17)8-3-6-10(14)11(16)7-8/h3,6-7,9,16H,4-5H2,1-2H3,(H,15,17). The molecule has 0 aromatic heterocycles. The second kappa shape index (κ2) is 4.33. The molecule has 1 aromatic rings. The van der Waals surface area contributed by atoms with Crippen LogP contribution >= 0.6 is 15.9 Å². The quantitative estimate of drug-likeness (QED) is 0.901. The summed E-state index contributed by atoms with van der Waals surface area (Å²) in [6.45, 7) is 4.09. The largest absolute Gasteiger partial charge is 0.507 e. The summed E-state index contributed by atoms with van der Waals surface area (Å²) in [5.41, 5.74) is 0.319. The summed E-state index contributed by atoms with van der Waals surface area (Å²) in [5.74, 6) is 0.530. The molecule has 2 rings (SSSR count). The van der Waals surface area contributed by atoms with Gasteiger partial charge in [0.2, 0.25) is 0 Å². The van der Waals surface area contributed by atoms with Crippen molar-refractivity contribution in [1.82, 2.24) is 5.32 Å². The predicted molar refractivity (Wildman–Crippen MR) is 70.1 cm³/mol. The maximum absolute atomic E-state index is 12.0. The number of rotatable bonds is 3. The molecule has 1 aliphatic rings. The zero-order chi connectivity index (χ0) is 12.6. The molecule has 1 amide bonds. The minimum atomic E-state index is -0.167. The topological polar surface area (TPSA) is 49.3 Å². The van der Waals surface area contributed by atoms with Gasteiger partial charge in [0.05, 0.1) is 4.47 Å². The molecule has 1 saturated carbocycles. The van der Waals surface area contributed by atoms with Crippen molar-refractivity contribution < 1.29 is 9.90 Å². The highest BCUT2D eigenvalue weighted by Crippen LogP contribution is 2.39.